The number of benzene rings is 1. The number of piperidine rings is 1. The summed E-state index contributed by atoms with van der Waals surface area (Å²) in [6.45, 7) is 14.0. The molecule has 0 saturated carbocycles. The van der Waals surface area contributed by atoms with Gasteiger partial charge in [0.15, 0.2) is 6.10 Å². The Morgan fingerprint density at radius 3 is 2.44 bits per heavy atom. The molecule has 208 valence electrons. The van der Waals surface area contributed by atoms with Gasteiger partial charge in [0.25, 0.3) is 0 Å². The van der Waals surface area contributed by atoms with Crippen LogP contribution in [0.15, 0.2) is 48.8 Å². The summed E-state index contributed by atoms with van der Waals surface area (Å²) in [5.74, 6) is -0.414. The Balaban J connectivity index is 1.73. The molecule has 4 rings (SSSR count). The zero-order chi connectivity index (χ0) is 28.4. The Bertz CT molecular complexity index is 1310. The third-order valence-corrected chi connectivity index (χ3v) is 7.22. The lowest BCUT2D eigenvalue weighted by Crippen LogP contribution is -2.39. The van der Waals surface area contributed by atoms with Crippen molar-refractivity contribution in [2.75, 3.05) is 18.0 Å². The van der Waals surface area contributed by atoms with Crippen LogP contribution in [0.1, 0.15) is 70.4 Å². The van der Waals surface area contributed by atoms with Crippen LogP contribution in [0.25, 0.3) is 11.3 Å². The zero-order valence-electron chi connectivity index (χ0n) is 23.6. The van der Waals surface area contributed by atoms with Gasteiger partial charge in [-0.3, -0.25) is 9.97 Å². The molecule has 1 aromatic carbocycles. The van der Waals surface area contributed by atoms with Crippen molar-refractivity contribution in [2.45, 2.75) is 72.7 Å². The first-order chi connectivity index (χ1) is 18.3. The molecule has 1 fully saturated rings. The molecule has 0 amide bonds. The van der Waals surface area contributed by atoms with Crippen molar-refractivity contribution >= 4 is 23.3 Å². The van der Waals surface area contributed by atoms with Crippen molar-refractivity contribution in [1.82, 2.24) is 9.97 Å². The van der Waals surface area contributed by atoms with Gasteiger partial charge < -0.3 is 19.5 Å². The normalized spacial score (nSPS) is 16.1. The molecule has 1 saturated heterocycles. The minimum atomic E-state index is -1.16. The quantitative estimate of drug-likeness (QED) is 0.315. The van der Waals surface area contributed by atoms with Crippen LogP contribution in [0.3, 0.4) is 0 Å². The summed E-state index contributed by atoms with van der Waals surface area (Å²) >= 11 is 6.09. The highest BCUT2D eigenvalue weighted by atomic mass is 35.5. The highest BCUT2D eigenvalue weighted by molar-refractivity contribution is 6.30. The van der Waals surface area contributed by atoms with E-state index in [-0.39, 0.29) is 5.41 Å². The number of hydrogen-bond acceptors (Lipinski definition) is 6. The van der Waals surface area contributed by atoms with Crippen LogP contribution in [-0.4, -0.2) is 39.7 Å². The molecular formula is C31H38ClN3O4. The lowest BCUT2D eigenvalue weighted by Gasteiger charge is -2.40. The summed E-state index contributed by atoms with van der Waals surface area (Å²) < 4.78 is 12.0. The molecule has 0 bridgehead atoms. The number of aromatic nitrogens is 2. The Morgan fingerprint density at radius 2 is 1.85 bits per heavy atom. The summed E-state index contributed by atoms with van der Waals surface area (Å²) in [5.41, 5.74) is 4.05. The van der Waals surface area contributed by atoms with Crippen molar-refractivity contribution in [3.05, 3.63) is 70.6 Å². The van der Waals surface area contributed by atoms with Crippen LogP contribution in [0.5, 0.6) is 5.75 Å². The van der Waals surface area contributed by atoms with E-state index in [0.29, 0.717) is 34.3 Å². The lowest BCUT2D eigenvalue weighted by atomic mass is 9.82. The number of ether oxygens (including phenoxy) is 2. The van der Waals surface area contributed by atoms with E-state index in [9.17, 15) is 9.90 Å². The number of nitrogens with zero attached hydrogens (tertiary/aromatic N) is 3. The van der Waals surface area contributed by atoms with Crippen molar-refractivity contribution < 1.29 is 19.4 Å². The van der Waals surface area contributed by atoms with Gasteiger partial charge in [0, 0.05) is 41.1 Å². The van der Waals surface area contributed by atoms with E-state index < -0.39 is 17.7 Å². The molecule has 0 radical (unpaired) electrons. The molecule has 1 aliphatic heterocycles. The van der Waals surface area contributed by atoms with E-state index in [0.717, 1.165) is 42.7 Å². The second kappa shape index (κ2) is 11.5. The topological polar surface area (TPSA) is 84.8 Å². The molecule has 0 spiro atoms. The minimum Gasteiger partial charge on any atom is -0.487 e. The minimum absolute atomic E-state index is 0.229. The van der Waals surface area contributed by atoms with Gasteiger partial charge in [0.1, 0.15) is 12.4 Å². The first kappa shape index (κ1) is 28.8. The molecule has 8 heteroatoms. The number of halogens is 1. The van der Waals surface area contributed by atoms with E-state index >= 15 is 0 Å². The fourth-order valence-electron chi connectivity index (χ4n) is 4.79. The molecule has 7 nitrogen and oxygen atoms in total. The van der Waals surface area contributed by atoms with E-state index in [1.807, 2.05) is 64.1 Å². The summed E-state index contributed by atoms with van der Waals surface area (Å²) in [7, 11) is 0. The molecule has 2 aromatic heterocycles. The van der Waals surface area contributed by atoms with Gasteiger partial charge in [-0.1, -0.05) is 37.6 Å². The summed E-state index contributed by atoms with van der Waals surface area (Å²) in [5, 5.41) is 10.9. The number of carboxylic acid groups (broad SMARTS) is 1. The third kappa shape index (κ3) is 7.28. The molecule has 0 aliphatic carbocycles. The molecule has 1 N–H and O–H groups in total. The van der Waals surface area contributed by atoms with Gasteiger partial charge in [-0.15, -0.1) is 0 Å². The zero-order valence-corrected chi connectivity index (χ0v) is 24.4. The van der Waals surface area contributed by atoms with Gasteiger partial charge >= 0.3 is 5.97 Å². The Morgan fingerprint density at radius 1 is 1.13 bits per heavy atom. The van der Waals surface area contributed by atoms with E-state index in [4.69, 9.17) is 26.1 Å². The number of hydrogen-bond donors (Lipinski definition) is 1. The van der Waals surface area contributed by atoms with Crippen LogP contribution < -0.4 is 9.64 Å². The molecule has 39 heavy (non-hydrogen) atoms. The lowest BCUT2D eigenvalue weighted by molar-refractivity contribution is -0.160. The van der Waals surface area contributed by atoms with E-state index in [1.54, 1.807) is 12.4 Å². The van der Waals surface area contributed by atoms with Crippen LogP contribution in [0.2, 0.25) is 5.02 Å². The van der Waals surface area contributed by atoms with Crippen molar-refractivity contribution in [3.8, 4) is 17.0 Å². The summed E-state index contributed by atoms with van der Waals surface area (Å²) in [4.78, 5) is 24.2. The van der Waals surface area contributed by atoms with Gasteiger partial charge in [0.2, 0.25) is 0 Å². The number of carboxylic acids is 1. The average Bonchev–Trinajstić information content (AvgIpc) is 2.86. The van der Waals surface area contributed by atoms with Crippen LogP contribution in [-0.2, 0) is 16.1 Å². The van der Waals surface area contributed by atoms with E-state index in [2.05, 4.69) is 23.7 Å². The maximum Gasteiger partial charge on any atom is 0.337 e. The van der Waals surface area contributed by atoms with Gasteiger partial charge in [-0.25, -0.2) is 4.79 Å². The molecule has 1 unspecified atom stereocenters. The predicted octanol–water partition coefficient (Wildman–Crippen LogP) is 7.25. The number of carbonyl (C=O) groups is 1. The van der Waals surface area contributed by atoms with Gasteiger partial charge in [0.05, 0.1) is 23.2 Å². The van der Waals surface area contributed by atoms with Crippen LogP contribution >= 0.6 is 11.6 Å². The van der Waals surface area contributed by atoms with Crippen molar-refractivity contribution in [2.24, 2.45) is 5.41 Å². The maximum absolute atomic E-state index is 12.6. The van der Waals surface area contributed by atoms with Gasteiger partial charge in [-0.2, -0.15) is 0 Å². The monoisotopic (exact) mass is 551 g/mol. The molecule has 1 aliphatic rings. The van der Waals surface area contributed by atoms with Crippen LogP contribution in [0, 0.1) is 12.3 Å². The fourth-order valence-corrected chi connectivity index (χ4v) is 5.00. The number of pyridine rings is 2. The number of aliphatic carboxylic acids is 1. The molecular weight excluding hydrogens is 514 g/mol. The van der Waals surface area contributed by atoms with Crippen LogP contribution in [0.4, 0.5) is 5.69 Å². The summed E-state index contributed by atoms with van der Waals surface area (Å²) in [6, 6.07) is 11.3. The van der Waals surface area contributed by atoms with E-state index in [1.165, 1.54) is 0 Å². The number of rotatable bonds is 8. The summed E-state index contributed by atoms with van der Waals surface area (Å²) in [6.07, 6.45) is 4.30. The molecule has 3 heterocycles. The maximum atomic E-state index is 12.6. The first-order valence-corrected chi connectivity index (χ1v) is 13.7. The van der Waals surface area contributed by atoms with Gasteiger partial charge in [-0.05, 0) is 75.8 Å². The molecule has 3 aromatic rings. The van der Waals surface area contributed by atoms with Crippen molar-refractivity contribution in [3.63, 3.8) is 0 Å². The Kier molecular flexibility index (Phi) is 8.52. The largest absolute Gasteiger partial charge is 0.487 e. The predicted molar refractivity (Wildman–Crippen MR) is 154 cm³/mol. The van der Waals surface area contributed by atoms with Crippen molar-refractivity contribution in [1.29, 1.82) is 0 Å². The second-order valence-corrected chi connectivity index (χ2v) is 12.4. The fraction of sp³-hybridized carbons (Fsp3) is 0.452. The smallest absolute Gasteiger partial charge is 0.337 e. The second-order valence-electron chi connectivity index (χ2n) is 11.9. The number of aryl methyl sites for hydroxylation is 1. The highest BCUT2D eigenvalue weighted by Crippen LogP contribution is 2.43. The SMILES string of the molecule is Cc1ncc(-c2ccc(OCc3cccc(Cl)c3)cn2)c(N2CCC(C)(C)CC2)c1C(OC(C)(C)C)C(=O)O. The highest BCUT2D eigenvalue weighted by Gasteiger charge is 2.36. The average molecular weight is 552 g/mol. The Labute approximate surface area is 236 Å². The standard InChI is InChI=1S/C31H38ClN3O4/c1-20-26(28(29(36)37)39-30(2,3)4)27(35-14-12-31(5,6)13-15-35)24(18-33-20)25-11-10-23(17-34-25)38-19-21-8-7-9-22(32)16-21/h7-11,16-18,28H,12-15,19H2,1-6H3,(H,36,37). The molecule has 1 atom stereocenters. The Hall–Kier alpha value is -3.16. The number of anilines is 1. The first-order valence-electron chi connectivity index (χ1n) is 13.3. The third-order valence-electron chi connectivity index (χ3n) is 6.99.